The van der Waals surface area contributed by atoms with Gasteiger partial charge in [-0.05, 0) is 41.5 Å². The Morgan fingerprint density at radius 2 is 1.36 bits per heavy atom. The van der Waals surface area contributed by atoms with E-state index in [4.69, 9.17) is 10.1 Å². The summed E-state index contributed by atoms with van der Waals surface area (Å²) in [6.07, 6.45) is 1.86. The molecule has 0 fully saturated rings. The molecule has 3 nitrogen and oxygen atoms in total. The molecule has 0 N–H and O–H groups in total. The van der Waals surface area contributed by atoms with Gasteiger partial charge in [-0.1, -0.05) is 76.6 Å². The van der Waals surface area contributed by atoms with Crippen LogP contribution >= 0.6 is 15.9 Å². The van der Waals surface area contributed by atoms with Crippen LogP contribution in [0.15, 0.2) is 102 Å². The molecule has 0 saturated carbocycles. The molecule has 28 heavy (non-hydrogen) atoms. The molecular weight excluding hydrogens is 410 g/mol. The van der Waals surface area contributed by atoms with Gasteiger partial charge in [0.05, 0.1) is 11.1 Å². The highest BCUT2D eigenvalue weighted by atomic mass is 79.9. The van der Waals surface area contributed by atoms with Gasteiger partial charge < -0.3 is 0 Å². The summed E-state index contributed by atoms with van der Waals surface area (Å²) in [5.41, 5.74) is 6.12. The number of halogens is 1. The zero-order chi connectivity index (χ0) is 18.9. The number of hydrogen-bond acceptors (Lipinski definition) is 2. The molecule has 5 rings (SSSR count). The van der Waals surface area contributed by atoms with E-state index in [1.54, 1.807) is 0 Å². The fourth-order valence-electron chi connectivity index (χ4n) is 3.46. The molecule has 0 aliphatic rings. The summed E-state index contributed by atoms with van der Waals surface area (Å²) in [7, 11) is 0. The van der Waals surface area contributed by atoms with E-state index in [-0.39, 0.29) is 0 Å². The minimum atomic E-state index is 0.852. The first kappa shape index (κ1) is 16.9. The summed E-state index contributed by atoms with van der Waals surface area (Å²) in [5.74, 6) is 0. The zero-order valence-electron chi connectivity index (χ0n) is 15.0. The number of para-hydroxylation sites is 1. The van der Waals surface area contributed by atoms with E-state index in [0.717, 1.165) is 43.6 Å². The highest BCUT2D eigenvalue weighted by Gasteiger charge is 2.18. The van der Waals surface area contributed by atoms with Crippen molar-refractivity contribution in [1.29, 1.82) is 0 Å². The van der Waals surface area contributed by atoms with Crippen molar-refractivity contribution in [3.05, 3.63) is 102 Å². The van der Waals surface area contributed by atoms with Crippen molar-refractivity contribution in [2.75, 3.05) is 0 Å². The largest absolute Gasteiger partial charge is 0.236 e. The van der Waals surface area contributed by atoms with Gasteiger partial charge in [0.2, 0.25) is 0 Å². The van der Waals surface area contributed by atoms with Crippen LogP contribution in [0.3, 0.4) is 0 Å². The van der Waals surface area contributed by atoms with Gasteiger partial charge in [-0.3, -0.25) is 0 Å². The van der Waals surface area contributed by atoms with Crippen LogP contribution in [0, 0.1) is 0 Å². The number of rotatable bonds is 3. The first-order valence-corrected chi connectivity index (χ1v) is 9.85. The summed E-state index contributed by atoms with van der Waals surface area (Å²) in [6, 6.07) is 30.9. The molecule has 0 unspecified atom stereocenters. The van der Waals surface area contributed by atoms with E-state index in [2.05, 4.69) is 70.5 Å². The fourth-order valence-corrected chi connectivity index (χ4v) is 3.72. The van der Waals surface area contributed by atoms with Crippen LogP contribution in [0.4, 0.5) is 0 Å². The number of hydrogen-bond donors (Lipinski definition) is 0. The van der Waals surface area contributed by atoms with Gasteiger partial charge in [-0.15, -0.1) is 0 Å². The molecule has 0 amide bonds. The standard InChI is InChI=1S/C24H16BrN3/c25-19-13-11-17(12-14-19)21-15-16-26-24-22(21)23(18-7-3-1-4-8-18)27-28(24)20-9-5-2-6-10-20/h1-16H. The molecule has 2 aromatic heterocycles. The summed E-state index contributed by atoms with van der Waals surface area (Å²) in [6.45, 7) is 0. The van der Waals surface area contributed by atoms with Crippen molar-refractivity contribution >= 4 is 27.0 Å². The number of benzene rings is 3. The quantitative estimate of drug-likeness (QED) is 0.329. The third-order valence-corrected chi connectivity index (χ3v) is 5.30. The highest BCUT2D eigenvalue weighted by Crippen LogP contribution is 2.36. The molecule has 0 aliphatic carbocycles. The van der Waals surface area contributed by atoms with Gasteiger partial charge >= 0.3 is 0 Å². The van der Waals surface area contributed by atoms with Crippen molar-refractivity contribution in [3.63, 3.8) is 0 Å². The lowest BCUT2D eigenvalue weighted by Gasteiger charge is -2.06. The first-order valence-electron chi connectivity index (χ1n) is 9.06. The SMILES string of the molecule is Brc1ccc(-c2ccnc3c2c(-c2ccccc2)nn3-c2ccccc2)cc1. The van der Waals surface area contributed by atoms with E-state index in [0.29, 0.717) is 0 Å². The normalized spacial score (nSPS) is 11.0. The lowest BCUT2D eigenvalue weighted by Crippen LogP contribution is -1.97. The van der Waals surface area contributed by atoms with Crippen LogP contribution in [-0.2, 0) is 0 Å². The molecule has 134 valence electrons. The van der Waals surface area contributed by atoms with E-state index in [1.165, 1.54) is 0 Å². The zero-order valence-corrected chi connectivity index (χ0v) is 16.5. The van der Waals surface area contributed by atoms with E-state index < -0.39 is 0 Å². The highest BCUT2D eigenvalue weighted by molar-refractivity contribution is 9.10. The average Bonchev–Trinajstić information content (AvgIpc) is 3.16. The Balaban J connectivity index is 1.85. The molecule has 0 atom stereocenters. The van der Waals surface area contributed by atoms with Crippen molar-refractivity contribution in [3.8, 4) is 28.1 Å². The van der Waals surface area contributed by atoms with Gasteiger partial charge in [-0.25, -0.2) is 9.67 Å². The first-order chi connectivity index (χ1) is 13.8. The van der Waals surface area contributed by atoms with Crippen LogP contribution in [-0.4, -0.2) is 14.8 Å². The second kappa shape index (κ2) is 7.06. The van der Waals surface area contributed by atoms with Crippen LogP contribution < -0.4 is 0 Å². The monoisotopic (exact) mass is 425 g/mol. The summed E-state index contributed by atoms with van der Waals surface area (Å²) in [5, 5.41) is 6.03. The number of nitrogens with zero attached hydrogens (tertiary/aromatic N) is 3. The summed E-state index contributed by atoms with van der Waals surface area (Å²) in [4.78, 5) is 4.70. The topological polar surface area (TPSA) is 30.7 Å². The Labute approximate surface area is 171 Å². The number of fused-ring (bicyclic) bond motifs is 1. The van der Waals surface area contributed by atoms with Crippen molar-refractivity contribution in [1.82, 2.24) is 14.8 Å². The second-order valence-corrected chi connectivity index (χ2v) is 7.44. The van der Waals surface area contributed by atoms with Crippen molar-refractivity contribution in [2.45, 2.75) is 0 Å². The van der Waals surface area contributed by atoms with Gasteiger partial charge in [0.15, 0.2) is 5.65 Å². The molecule has 0 aliphatic heterocycles. The third kappa shape index (κ3) is 2.92. The third-order valence-electron chi connectivity index (χ3n) is 4.77. The predicted octanol–water partition coefficient (Wildman–Crippen LogP) is 6.52. The lowest BCUT2D eigenvalue weighted by atomic mass is 10.00. The van der Waals surface area contributed by atoms with Crippen LogP contribution in [0.1, 0.15) is 0 Å². The molecule has 0 saturated heterocycles. The Kier molecular flexibility index (Phi) is 4.26. The van der Waals surface area contributed by atoms with Gasteiger partial charge in [0.1, 0.15) is 5.69 Å². The minimum Gasteiger partial charge on any atom is -0.236 e. The molecule has 0 spiro atoms. The molecule has 3 aromatic carbocycles. The molecular formula is C24H16BrN3. The summed E-state index contributed by atoms with van der Waals surface area (Å²) >= 11 is 3.52. The molecule has 0 bridgehead atoms. The maximum absolute atomic E-state index is 4.98. The van der Waals surface area contributed by atoms with Gasteiger partial charge in [-0.2, -0.15) is 5.10 Å². The Morgan fingerprint density at radius 1 is 0.679 bits per heavy atom. The van der Waals surface area contributed by atoms with E-state index >= 15 is 0 Å². The fraction of sp³-hybridized carbons (Fsp3) is 0. The second-order valence-electron chi connectivity index (χ2n) is 6.53. The Morgan fingerprint density at radius 3 is 2.07 bits per heavy atom. The predicted molar refractivity (Wildman–Crippen MR) is 117 cm³/mol. The number of aromatic nitrogens is 3. The molecule has 4 heteroatoms. The average molecular weight is 426 g/mol. The molecule has 0 radical (unpaired) electrons. The van der Waals surface area contributed by atoms with E-state index in [1.807, 2.05) is 47.3 Å². The van der Waals surface area contributed by atoms with Crippen molar-refractivity contribution in [2.24, 2.45) is 0 Å². The van der Waals surface area contributed by atoms with Crippen LogP contribution in [0.25, 0.3) is 39.1 Å². The van der Waals surface area contributed by atoms with Crippen LogP contribution in [0.5, 0.6) is 0 Å². The minimum absolute atomic E-state index is 0.852. The van der Waals surface area contributed by atoms with E-state index in [9.17, 15) is 0 Å². The maximum atomic E-state index is 4.98. The molecule has 5 aromatic rings. The van der Waals surface area contributed by atoms with Crippen LogP contribution in [0.2, 0.25) is 0 Å². The molecule has 2 heterocycles. The van der Waals surface area contributed by atoms with Crippen molar-refractivity contribution < 1.29 is 0 Å². The van der Waals surface area contributed by atoms with Gasteiger partial charge in [0.25, 0.3) is 0 Å². The lowest BCUT2D eigenvalue weighted by molar-refractivity contribution is 0.901. The Hall–Kier alpha value is -3.24. The van der Waals surface area contributed by atoms with Gasteiger partial charge in [0, 0.05) is 16.2 Å². The number of pyridine rings is 1. The smallest absolute Gasteiger partial charge is 0.164 e. The Bertz CT molecular complexity index is 1240. The summed E-state index contributed by atoms with van der Waals surface area (Å²) < 4.78 is 2.99. The maximum Gasteiger partial charge on any atom is 0.164 e.